The first kappa shape index (κ1) is 31.2. The molecule has 11 aromatic rings. The molecule has 11 rings (SSSR count). The molecule has 9 aromatic carbocycles. The molecule has 0 atom stereocenters. The summed E-state index contributed by atoms with van der Waals surface area (Å²) in [5.74, 6) is 0. The maximum absolute atomic E-state index is 6.43. The number of para-hydroxylation sites is 4. The number of furan rings is 1. The van der Waals surface area contributed by atoms with Crippen LogP contribution in [0.4, 0.5) is 17.1 Å². The van der Waals surface area contributed by atoms with Crippen molar-refractivity contribution in [3.8, 4) is 27.9 Å². The van der Waals surface area contributed by atoms with Gasteiger partial charge in [0.25, 0.3) is 0 Å². The molecule has 0 amide bonds. The van der Waals surface area contributed by atoms with Gasteiger partial charge in [0.1, 0.15) is 11.2 Å². The van der Waals surface area contributed by atoms with E-state index in [1.165, 1.54) is 38.1 Å². The summed E-state index contributed by atoms with van der Waals surface area (Å²) in [4.78, 5) is 2.40. The molecule has 0 spiro atoms. The Morgan fingerprint density at radius 1 is 0.382 bits per heavy atom. The Morgan fingerprint density at radius 3 is 1.76 bits per heavy atom. The van der Waals surface area contributed by atoms with Gasteiger partial charge in [0.2, 0.25) is 0 Å². The van der Waals surface area contributed by atoms with Crippen LogP contribution < -0.4 is 4.90 Å². The molecule has 0 bridgehead atoms. The fraction of sp³-hybridized carbons (Fsp3) is 0. The van der Waals surface area contributed by atoms with E-state index >= 15 is 0 Å². The molecule has 2 heterocycles. The average Bonchev–Trinajstić information content (AvgIpc) is 3.81. The van der Waals surface area contributed by atoms with Gasteiger partial charge >= 0.3 is 0 Å². The van der Waals surface area contributed by atoms with Gasteiger partial charge < -0.3 is 13.9 Å². The highest BCUT2D eigenvalue weighted by molar-refractivity contribution is 6.14. The van der Waals surface area contributed by atoms with Crippen molar-refractivity contribution in [3.05, 3.63) is 206 Å². The normalized spacial score (nSPS) is 11.6. The van der Waals surface area contributed by atoms with Gasteiger partial charge in [0.05, 0.1) is 33.5 Å². The minimum absolute atomic E-state index is 0.865. The van der Waals surface area contributed by atoms with Crippen molar-refractivity contribution in [1.29, 1.82) is 0 Å². The Morgan fingerprint density at radius 2 is 0.982 bits per heavy atom. The van der Waals surface area contributed by atoms with Crippen LogP contribution >= 0.6 is 0 Å². The summed E-state index contributed by atoms with van der Waals surface area (Å²) in [6.45, 7) is 0. The molecule has 3 nitrogen and oxygen atoms in total. The van der Waals surface area contributed by atoms with Gasteiger partial charge in [-0.05, 0) is 76.5 Å². The van der Waals surface area contributed by atoms with Gasteiger partial charge in [-0.15, -0.1) is 0 Å². The third-order valence-corrected chi connectivity index (χ3v) is 11.0. The average molecular weight is 703 g/mol. The summed E-state index contributed by atoms with van der Waals surface area (Å²) in [5.41, 5.74) is 13.2. The van der Waals surface area contributed by atoms with E-state index in [2.05, 4.69) is 210 Å². The number of nitrogens with zero attached hydrogens (tertiary/aromatic N) is 2. The molecule has 258 valence electrons. The first-order valence-electron chi connectivity index (χ1n) is 18.8. The lowest BCUT2D eigenvalue weighted by atomic mass is 9.95. The first-order chi connectivity index (χ1) is 27.3. The molecule has 0 aliphatic rings. The highest BCUT2D eigenvalue weighted by Gasteiger charge is 2.23. The monoisotopic (exact) mass is 702 g/mol. The topological polar surface area (TPSA) is 21.3 Å². The standard InChI is InChI=1S/C52H34N2O/c1-2-15-35(16-3-1)39-18-6-10-23-44(39)53(47-26-14-28-50-52(47)43-22-9-13-27-49(43)55-50)38-32-29-37(30-33-38)51-40-19-5-4-17-36(40)31-34-48(51)54-45-24-11-7-20-41(45)42-21-8-12-25-46(42)54/h1-34H. The zero-order valence-electron chi connectivity index (χ0n) is 29.9. The van der Waals surface area contributed by atoms with Crippen molar-refractivity contribution in [2.75, 3.05) is 4.90 Å². The van der Waals surface area contributed by atoms with Gasteiger partial charge in [0.15, 0.2) is 0 Å². The molecule has 0 N–H and O–H groups in total. The van der Waals surface area contributed by atoms with Crippen molar-refractivity contribution in [2.24, 2.45) is 0 Å². The van der Waals surface area contributed by atoms with Crippen LogP contribution in [-0.4, -0.2) is 4.57 Å². The molecular formula is C52H34N2O. The summed E-state index contributed by atoms with van der Waals surface area (Å²) in [6.07, 6.45) is 0. The quantitative estimate of drug-likeness (QED) is 0.172. The SMILES string of the molecule is c1ccc(-c2ccccc2N(c2ccc(-c3c(-n4c5ccccc5c5ccccc54)ccc4ccccc34)cc2)c2cccc3oc4ccccc4c23)cc1. The highest BCUT2D eigenvalue weighted by atomic mass is 16.3. The summed E-state index contributed by atoms with van der Waals surface area (Å²) >= 11 is 0. The molecule has 55 heavy (non-hydrogen) atoms. The Labute approximate surface area is 318 Å². The zero-order chi connectivity index (χ0) is 36.3. The van der Waals surface area contributed by atoms with Crippen molar-refractivity contribution in [1.82, 2.24) is 4.57 Å². The Bertz CT molecular complexity index is 3150. The minimum atomic E-state index is 0.865. The van der Waals surface area contributed by atoms with Gasteiger partial charge in [-0.3, -0.25) is 0 Å². The molecule has 0 aliphatic carbocycles. The molecule has 0 unspecified atom stereocenters. The van der Waals surface area contributed by atoms with Crippen LogP contribution in [0.1, 0.15) is 0 Å². The molecule has 0 radical (unpaired) electrons. The predicted octanol–water partition coefficient (Wildman–Crippen LogP) is 14.6. The fourth-order valence-electron chi connectivity index (χ4n) is 8.59. The second-order valence-electron chi connectivity index (χ2n) is 14.1. The van der Waals surface area contributed by atoms with Gasteiger partial charge in [-0.25, -0.2) is 0 Å². The lowest BCUT2D eigenvalue weighted by Crippen LogP contribution is -2.11. The summed E-state index contributed by atoms with van der Waals surface area (Å²) in [6, 6.07) is 73.9. The van der Waals surface area contributed by atoms with Crippen molar-refractivity contribution < 1.29 is 4.42 Å². The number of anilines is 3. The lowest BCUT2D eigenvalue weighted by molar-refractivity contribution is 0.669. The van der Waals surface area contributed by atoms with Crippen LogP contribution in [-0.2, 0) is 0 Å². The van der Waals surface area contributed by atoms with E-state index < -0.39 is 0 Å². The molecule has 0 fully saturated rings. The van der Waals surface area contributed by atoms with Crippen LogP contribution in [0.2, 0.25) is 0 Å². The maximum Gasteiger partial charge on any atom is 0.137 e. The summed E-state index contributed by atoms with van der Waals surface area (Å²) < 4.78 is 8.87. The maximum atomic E-state index is 6.43. The smallest absolute Gasteiger partial charge is 0.137 e. The number of aromatic nitrogens is 1. The van der Waals surface area contributed by atoms with Crippen LogP contribution in [0.25, 0.3) is 82.5 Å². The van der Waals surface area contributed by atoms with Crippen molar-refractivity contribution >= 4 is 71.6 Å². The summed E-state index contributed by atoms with van der Waals surface area (Å²) in [5, 5.41) is 7.12. The predicted molar refractivity (Wildman–Crippen MR) is 231 cm³/mol. The van der Waals surface area contributed by atoms with Gasteiger partial charge in [-0.2, -0.15) is 0 Å². The molecule has 0 saturated carbocycles. The molecule has 3 heteroatoms. The second kappa shape index (κ2) is 12.6. The number of hydrogen-bond acceptors (Lipinski definition) is 2. The molecule has 2 aromatic heterocycles. The number of fused-ring (bicyclic) bond motifs is 7. The third-order valence-electron chi connectivity index (χ3n) is 11.0. The Balaban J connectivity index is 1.16. The van der Waals surface area contributed by atoms with Crippen LogP contribution in [0.3, 0.4) is 0 Å². The fourth-order valence-corrected chi connectivity index (χ4v) is 8.59. The molecular weight excluding hydrogens is 669 g/mol. The van der Waals surface area contributed by atoms with E-state index in [0.717, 1.165) is 61.4 Å². The highest BCUT2D eigenvalue weighted by Crippen LogP contribution is 2.47. The van der Waals surface area contributed by atoms with Gasteiger partial charge in [-0.1, -0.05) is 152 Å². The van der Waals surface area contributed by atoms with E-state index in [1.807, 2.05) is 6.07 Å². The largest absolute Gasteiger partial charge is 0.456 e. The van der Waals surface area contributed by atoms with E-state index in [0.29, 0.717) is 0 Å². The molecule has 0 saturated heterocycles. The third kappa shape index (κ3) is 4.98. The van der Waals surface area contributed by atoms with Crippen LogP contribution in [0.15, 0.2) is 211 Å². The van der Waals surface area contributed by atoms with E-state index in [9.17, 15) is 0 Å². The van der Waals surface area contributed by atoms with Crippen LogP contribution in [0, 0.1) is 0 Å². The number of benzene rings is 9. The number of rotatable bonds is 6. The second-order valence-corrected chi connectivity index (χ2v) is 14.1. The minimum Gasteiger partial charge on any atom is -0.456 e. The van der Waals surface area contributed by atoms with E-state index in [-0.39, 0.29) is 0 Å². The first-order valence-corrected chi connectivity index (χ1v) is 18.8. The Kier molecular flexibility index (Phi) is 7.17. The summed E-state index contributed by atoms with van der Waals surface area (Å²) in [7, 11) is 0. The number of hydrogen-bond donors (Lipinski definition) is 0. The van der Waals surface area contributed by atoms with Crippen molar-refractivity contribution in [2.45, 2.75) is 0 Å². The van der Waals surface area contributed by atoms with E-state index in [4.69, 9.17) is 4.42 Å². The van der Waals surface area contributed by atoms with Crippen molar-refractivity contribution in [3.63, 3.8) is 0 Å². The Hall–Kier alpha value is -7.36. The lowest BCUT2D eigenvalue weighted by Gasteiger charge is -2.29. The van der Waals surface area contributed by atoms with Crippen LogP contribution in [0.5, 0.6) is 0 Å². The zero-order valence-corrected chi connectivity index (χ0v) is 29.9. The molecule has 0 aliphatic heterocycles. The van der Waals surface area contributed by atoms with E-state index in [1.54, 1.807) is 0 Å². The van der Waals surface area contributed by atoms with Gasteiger partial charge in [0, 0.05) is 33.0 Å².